The Morgan fingerprint density at radius 3 is 2.68 bits per heavy atom. The van der Waals surface area contributed by atoms with Crippen molar-refractivity contribution < 1.29 is 4.74 Å². The van der Waals surface area contributed by atoms with Crippen molar-refractivity contribution in [3.05, 3.63) is 81.5 Å². The molecule has 0 bridgehead atoms. The molecule has 4 nitrogen and oxygen atoms in total. The molecule has 6 heteroatoms. The third kappa shape index (κ3) is 2.76. The van der Waals surface area contributed by atoms with Gasteiger partial charge in [0.2, 0.25) is 11.8 Å². The average Bonchev–Trinajstić information content (AvgIpc) is 3.04. The van der Waals surface area contributed by atoms with Crippen LogP contribution in [0.3, 0.4) is 0 Å². The van der Waals surface area contributed by atoms with Gasteiger partial charge in [0.15, 0.2) is 0 Å². The fourth-order valence-corrected chi connectivity index (χ4v) is 4.15. The first-order valence-corrected chi connectivity index (χ1v) is 8.76. The van der Waals surface area contributed by atoms with Gasteiger partial charge in [0.1, 0.15) is 16.6 Å². The summed E-state index contributed by atoms with van der Waals surface area (Å²) in [7, 11) is 0. The summed E-state index contributed by atoms with van der Waals surface area (Å²) in [5, 5.41) is 11.0. The number of halogens is 1. The van der Waals surface area contributed by atoms with Gasteiger partial charge in [-0.05, 0) is 17.7 Å². The zero-order chi connectivity index (χ0) is 17.4. The number of hydrogen-bond donors (Lipinski definition) is 1. The first-order valence-electron chi connectivity index (χ1n) is 7.56. The summed E-state index contributed by atoms with van der Waals surface area (Å²) in [4.78, 5) is 5.44. The van der Waals surface area contributed by atoms with Gasteiger partial charge < -0.3 is 10.5 Å². The molecular formula is C19H12ClN3OS. The van der Waals surface area contributed by atoms with Crippen molar-refractivity contribution in [2.24, 2.45) is 5.73 Å². The van der Waals surface area contributed by atoms with E-state index in [0.717, 1.165) is 21.0 Å². The van der Waals surface area contributed by atoms with Gasteiger partial charge in [-0.25, -0.2) is 4.98 Å². The van der Waals surface area contributed by atoms with E-state index in [0.29, 0.717) is 16.5 Å². The molecule has 0 unspecified atom stereocenters. The number of rotatable bonds is 2. The van der Waals surface area contributed by atoms with E-state index in [2.05, 4.69) is 11.1 Å². The Hall–Kier alpha value is -2.81. The molecule has 1 aliphatic heterocycles. The largest absolute Gasteiger partial charge is 0.421 e. The second kappa shape index (κ2) is 6.25. The predicted molar refractivity (Wildman–Crippen MR) is 98.3 cm³/mol. The molecule has 122 valence electrons. The maximum absolute atomic E-state index is 9.58. The molecule has 2 aromatic carbocycles. The molecule has 2 N–H and O–H groups in total. The lowest BCUT2D eigenvalue weighted by atomic mass is 9.89. The first kappa shape index (κ1) is 15.7. The number of nitrogens with zero attached hydrogens (tertiary/aromatic N) is 2. The normalized spacial score (nSPS) is 16.1. The van der Waals surface area contributed by atoms with Crippen molar-refractivity contribution in [1.29, 1.82) is 5.26 Å². The van der Waals surface area contributed by atoms with Crippen molar-refractivity contribution in [3.8, 4) is 22.5 Å². The highest BCUT2D eigenvalue weighted by Crippen LogP contribution is 2.46. The number of hydrogen-bond acceptors (Lipinski definition) is 5. The minimum absolute atomic E-state index is 0.104. The maximum atomic E-state index is 9.58. The van der Waals surface area contributed by atoms with Gasteiger partial charge in [-0.2, -0.15) is 5.26 Å². The summed E-state index contributed by atoms with van der Waals surface area (Å²) in [5.74, 6) is 0.275. The molecule has 1 atom stereocenters. The lowest BCUT2D eigenvalue weighted by Gasteiger charge is -2.22. The molecule has 0 saturated carbocycles. The highest BCUT2D eigenvalue weighted by molar-refractivity contribution is 7.15. The van der Waals surface area contributed by atoms with Crippen LogP contribution in [0.15, 0.2) is 66.1 Å². The highest BCUT2D eigenvalue weighted by Gasteiger charge is 2.34. The number of nitrogens with two attached hydrogens (primary N) is 1. The van der Waals surface area contributed by atoms with E-state index in [-0.39, 0.29) is 11.8 Å². The number of nitriles is 1. The summed E-state index contributed by atoms with van der Waals surface area (Å²) in [5.41, 5.74) is 8.27. The molecule has 0 saturated heterocycles. The standard InChI is InChI=1S/C19H12ClN3OS/c20-13-8-4-7-12(9-13)19-23-18-16(25-19)15(11-5-2-1-3-6-11)14(10-21)17(22)24-18/h1-9,15H,22H2/t15-/m1/s1. The Morgan fingerprint density at radius 1 is 1.16 bits per heavy atom. The number of fused-ring (bicyclic) bond motifs is 1. The van der Waals surface area contributed by atoms with Crippen LogP contribution in [0.25, 0.3) is 10.6 Å². The SMILES string of the molecule is N#CC1=C(N)Oc2nc(-c3cccc(Cl)c3)sc2[C@@H]1c1ccccc1. The maximum Gasteiger partial charge on any atom is 0.236 e. The van der Waals surface area contributed by atoms with Crippen LogP contribution in [0.5, 0.6) is 5.88 Å². The molecule has 0 amide bonds. The van der Waals surface area contributed by atoms with Crippen LogP contribution in [-0.4, -0.2) is 4.98 Å². The van der Waals surface area contributed by atoms with Crippen LogP contribution in [-0.2, 0) is 0 Å². The van der Waals surface area contributed by atoms with Gasteiger partial charge in [-0.1, -0.05) is 54.1 Å². The van der Waals surface area contributed by atoms with Gasteiger partial charge in [0, 0.05) is 10.6 Å². The number of ether oxygens (including phenoxy) is 1. The lowest BCUT2D eigenvalue weighted by Crippen LogP contribution is -2.20. The number of aromatic nitrogens is 1. The quantitative estimate of drug-likeness (QED) is 0.715. The van der Waals surface area contributed by atoms with Gasteiger partial charge >= 0.3 is 0 Å². The summed E-state index contributed by atoms with van der Waals surface area (Å²) < 4.78 is 5.62. The van der Waals surface area contributed by atoms with Crippen molar-refractivity contribution in [3.63, 3.8) is 0 Å². The topological polar surface area (TPSA) is 71.9 Å². The van der Waals surface area contributed by atoms with E-state index in [1.807, 2.05) is 54.6 Å². The summed E-state index contributed by atoms with van der Waals surface area (Å²) in [6.07, 6.45) is 0. The molecule has 0 aliphatic carbocycles. The Bertz CT molecular complexity index is 1020. The molecule has 2 heterocycles. The molecule has 0 fully saturated rings. The fourth-order valence-electron chi connectivity index (χ4n) is 2.83. The Kier molecular flexibility index (Phi) is 3.92. The number of benzene rings is 2. The molecule has 3 aromatic rings. The van der Waals surface area contributed by atoms with Gasteiger partial charge in [-0.15, -0.1) is 11.3 Å². The van der Waals surface area contributed by atoms with Crippen LogP contribution < -0.4 is 10.5 Å². The monoisotopic (exact) mass is 365 g/mol. The molecule has 0 spiro atoms. The van der Waals surface area contributed by atoms with Gasteiger partial charge in [-0.3, -0.25) is 0 Å². The fraction of sp³-hybridized carbons (Fsp3) is 0.0526. The predicted octanol–water partition coefficient (Wildman–Crippen LogP) is 4.68. The second-order valence-corrected chi connectivity index (χ2v) is 7.00. The van der Waals surface area contributed by atoms with Crippen LogP contribution >= 0.6 is 22.9 Å². The average molecular weight is 366 g/mol. The van der Waals surface area contributed by atoms with Crippen molar-refractivity contribution in [2.45, 2.75) is 5.92 Å². The zero-order valence-corrected chi connectivity index (χ0v) is 14.5. The summed E-state index contributed by atoms with van der Waals surface area (Å²) in [6.45, 7) is 0. The Morgan fingerprint density at radius 2 is 1.96 bits per heavy atom. The summed E-state index contributed by atoms with van der Waals surface area (Å²) in [6, 6.07) is 19.4. The van der Waals surface area contributed by atoms with E-state index < -0.39 is 0 Å². The van der Waals surface area contributed by atoms with Crippen LogP contribution in [0.1, 0.15) is 16.4 Å². The van der Waals surface area contributed by atoms with Gasteiger partial charge in [0.05, 0.1) is 10.8 Å². The Labute approximate surface area is 153 Å². The molecule has 0 radical (unpaired) electrons. The molecular weight excluding hydrogens is 354 g/mol. The zero-order valence-electron chi connectivity index (χ0n) is 12.9. The third-order valence-electron chi connectivity index (χ3n) is 3.97. The van der Waals surface area contributed by atoms with E-state index in [1.54, 1.807) is 0 Å². The Balaban J connectivity index is 1.87. The van der Waals surface area contributed by atoms with Gasteiger partial charge in [0.25, 0.3) is 0 Å². The van der Waals surface area contributed by atoms with Crippen LogP contribution in [0.2, 0.25) is 5.02 Å². The van der Waals surface area contributed by atoms with E-state index in [4.69, 9.17) is 22.1 Å². The van der Waals surface area contributed by atoms with E-state index >= 15 is 0 Å². The number of thiazole rings is 1. The molecule has 4 rings (SSSR count). The molecule has 25 heavy (non-hydrogen) atoms. The first-order chi connectivity index (χ1) is 12.2. The smallest absolute Gasteiger partial charge is 0.236 e. The van der Waals surface area contributed by atoms with Crippen molar-refractivity contribution >= 4 is 22.9 Å². The minimum atomic E-state index is -0.277. The van der Waals surface area contributed by atoms with Crippen molar-refractivity contribution in [1.82, 2.24) is 4.98 Å². The molecule has 1 aliphatic rings. The summed E-state index contributed by atoms with van der Waals surface area (Å²) >= 11 is 7.57. The third-order valence-corrected chi connectivity index (χ3v) is 5.35. The van der Waals surface area contributed by atoms with Crippen LogP contribution in [0.4, 0.5) is 0 Å². The van der Waals surface area contributed by atoms with E-state index in [1.165, 1.54) is 11.3 Å². The number of allylic oxidation sites excluding steroid dienone is 1. The highest BCUT2D eigenvalue weighted by atomic mass is 35.5. The second-order valence-electron chi connectivity index (χ2n) is 5.53. The molecule has 1 aromatic heterocycles. The van der Waals surface area contributed by atoms with E-state index in [9.17, 15) is 5.26 Å². The minimum Gasteiger partial charge on any atom is -0.421 e. The van der Waals surface area contributed by atoms with Crippen molar-refractivity contribution in [2.75, 3.05) is 0 Å². The van der Waals surface area contributed by atoms with Crippen LogP contribution in [0, 0.1) is 11.3 Å². The lowest BCUT2D eigenvalue weighted by molar-refractivity contribution is 0.383.